The maximum Gasteiger partial charge on any atom is 0.257 e. The number of carbonyl (C=O) groups is 1. The largest absolute Gasteiger partial charge is 0.497 e. The average Bonchev–Trinajstić information content (AvgIpc) is 3.21. The van der Waals surface area contributed by atoms with Gasteiger partial charge in [-0.25, -0.2) is 13.4 Å². The van der Waals surface area contributed by atoms with Crippen molar-refractivity contribution in [1.82, 2.24) is 9.71 Å². The molecule has 1 amide bonds. The van der Waals surface area contributed by atoms with E-state index < -0.39 is 15.9 Å². The van der Waals surface area contributed by atoms with Gasteiger partial charge in [-0.2, -0.15) is 4.72 Å². The molecular weight excluding hydrogens is 410 g/mol. The van der Waals surface area contributed by atoms with E-state index in [0.29, 0.717) is 10.8 Å². The molecule has 0 radical (unpaired) electrons. The first-order valence-corrected chi connectivity index (χ1v) is 10.7. The maximum atomic E-state index is 12.5. The Morgan fingerprint density at radius 3 is 2.69 bits per heavy atom. The van der Waals surface area contributed by atoms with Gasteiger partial charge in [0.15, 0.2) is 5.13 Å². The zero-order chi connectivity index (χ0) is 20.9. The van der Waals surface area contributed by atoms with Crippen molar-refractivity contribution in [3.63, 3.8) is 0 Å². The zero-order valence-corrected chi connectivity index (χ0v) is 17.0. The van der Waals surface area contributed by atoms with Gasteiger partial charge in [0.1, 0.15) is 5.75 Å². The molecular formula is C20H17N3O4S2. The summed E-state index contributed by atoms with van der Waals surface area (Å²) >= 11 is 1.27. The van der Waals surface area contributed by atoms with E-state index in [0.717, 1.165) is 11.3 Å². The van der Waals surface area contributed by atoms with E-state index in [1.165, 1.54) is 35.6 Å². The molecule has 3 rings (SSSR count). The van der Waals surface area contributed by atoms with E-state index in [1.807, 2.05) is 29.6 Å². The number of nitrogens with one attached hydrogen (secondary N) is 2. The number of hydrogen-bond acceptors (Lipinski definition) is 6. The molecule has 0 spiro atoms. The van der Waals surface area contributed by atoms with E-state index in [1.54, 1.807) is 7.11 Å². The Morgan fingerprint density at radius 1 is 1.24 bits per heavy atom. The van der Waals surface area contributed by atoms with Gasteiger partial charge in [0.25, 0.3) is 5.91 Å². The number of anilines is 1. The minimum atomic E-state index is -3.78. The third-order valence-corrected chi connectivity index (χ3v) is 6.04. The van der Waals surface area contributed by atoms with E-state index in [4.69, 9.17) is 11.2 Å². The second-order valence-electron chi connectivity index (χ2n) is 5.78. The van der Waals surface area contributed by atoms with Crippen molar-refractivity contribution in [3.05, 3.63) is 59.5 Å². The lowest BCUT2D eigenvalue weighted by molar-refractivity contribution is 0.102. The number of benzene rings is 2. The molecule has 0 atom stereocenters. The standard InChI is InChI=1S/C20H17N3O4S2/c1-3-11-21-29(25,26)17-6-4-5-15(12-17)19(24)23-20-22-18(13-28-20)14-7-9-16(27-2)10-8-14/h1,4-10,12-13,21H,11H2,2H3,(H,22,23,24). The Labute approximate surface area is 172 Å². The van der Waals surface area contributed by atoms with Crippen molar-refractivity contribution in [2.75, 3.05) is 19.0 Å². The molecule has 3 aromatic rings. The van der Waals surface area contributed by atoms with Crippen LogP contribution in [-0.2, 0) is 10.0 Å². The SMILES string of the molecule is C#CCNS(=O)(=O)c1cccc(C(=O)Nc2nc(-c3ccc(OC)cc3)cs2)c1. The highest BCUT2D eigenvalue weighted by Gasteiger charge is 2.16. The lowest BCUT2D eigenvalue weighted by atomic mass is 10.2. The van der Waals surface area contributed by atoms with Crippen molar-refractivity contribution in [2.24, 2.45) is 0 Å². The molecule has 29 heavy (non-hydrogen) atoms. The number of carbonyl (C=O) groups excluding carboxylic acids is 1. The van der Waals surface area contributed by atoms with Crippen LogP contribution in [0, 0.1) is 12.3 Å². The molecule has 0 bridgehead atoms. The second kappa shape index (κ2) is 8.87. The first-order chi connectivity index (χ1) is 13.9. The summed E-state index contributed by atoms with van der Waals surface area (Å²) < 4.78 is 31.7. The van der Waals surface area contributed by atoms with Crippen molar-refractivity contribution in [1.29, 1.82) is 0 Å². The molecule has 0 aliphatic heterocycles. The third kappa shape index (κ3) is 5.00. The normalized spacial score (nSPS) is 10.9. The predicted octanol–water partition coefficient (Wildman–Crippen LogP) is 2.98. The Bertz CT molecular complexity index is 1160. The van der Waals surface area contributed by atoms with Gasteiger partial charge < -0.3 is 4.74 Å². The number of aromatic nitrogens is 1. The van der Waals surface area contributed by atoms with Crippen LogP contribution >= 0.6 is 11.3 Å². The van der Waals surface area contributed by atoms with Crippen LogP contribution < -0.4 is 14.8 Å². The number of hydrogen-bond donors (Lipinski definition) is 2. The van der Waals surface area contributed by atoms with Gasteiger partial charge in [-0.15, -0.1) is 17.8 Å². The van der Waals surface area contributed by atoms with E-state index in [-0.39, 0.29) is 17.0 Å². The smallest absolute Gasteiger partial charge is 0.257 e. The van der Waals surface area contributed by atoms with Crippen molar-refractivity contribution in [3.8, 4) is 29.4 Å². The fraction of sp³-hybridized carbons (Fsp3) is 0.100. The number of methoxy groups -OCH3 is 1. The lowest BCUT2D eigenvalue weighted by Gasteiger charge is -2.06. The average molecular weight is 428 g/mol. The minimum Gasteiger partial charge on any atom is -0.497 e. The van der Waals surface area contributed by atoms with Crippen LogP contribution in [0.3, 0.4) is 0 Å². The molecule has 0 aliphatic rings. The topological polar surface area (TPSA) is 97.4 Å². The summed E-state index contributed by atoms with van der Waals surface area (Å²) in [5.41, 5.74) is 1.78. The molecule has 1 heterocycles. The number of thiazole rings is 1. The molecule has 1 aromatic heterocycles. The zero-order valence-electron chi connectivity index (χ0n) is 15.4. The van der Waals surface area contributed by atoms with Gasteiger partial charge in [0, 0.05) is 16.5 Å². The summed E-state index contributed by atoms with van der Waals surface area (Å²) in [5, 5.41) is 4.91. The molecule has 0 saturated carbocycles. The highest BCUT2D eigenvalue weighted by Crippen LogP contribution is 2.26. The lowest BCUT2D eigenvalue weighted by Crippen LogP contribution is -2.24. The Balaban J connectivity index is 1.75. The van der Waals surface area contributed by atoms with Crippen LogP contribution in [0.2, 0.25) is 0 Å². The van der Waals surface area contributed by atoms with Gasteiger partial charge in [-0.1, -0.05) is 12.0 Å². The van der Waals surface area contributed by atoms with E-state index in [9.17, 15) is 13.2 Å². The fourth-order valence-corrected chi connectivity index (χ4v) is 4.11. The van der Waals surface area contributed by atoms with Gasteiger partial charge in [0.05, 0.1) is 24.2 Å². The maximum absolute atomic E-state index is 12.5. The minimum absolute atomic E-state index is 0.0431. The van der Waals surface area contributed by atoms with Crippen LogP contribution in [-0.4, -0.2) is 33.0 Å². The van der Waals surface area contributed by atoms with Crippen molar-refractivity contribution >= 4 is 32.4 Å². The molecule has 0 fully saturated rings. The fourth-order valence-electron chi connectivity index (χ4n) is 2.42. The predicted molar refractivity (Wildman–Crippen MR) is 113 cm³/mol. The Hall–Kier alpha value is -3.19. The molecule has 2 aromatic carbocycles. The van der Waals surface area contributed by atoms with Crippen molar-refractivity contribution in [2.45, 2.75) is 4.90 Å². The van der Waals surface area contributed by atoms with Crippen LogP contribution in [0.4, 0.5) is 5.13 Å². The first kappa shape index (κ1) is 20.5. The first-order valence-electron chi connectivity index (χ1n) is 8.37. The summed E-state index contributed by atoms with van der Waals surface area (Å²) in [7, 11) is -2.19. The highest BCUT2D eigenvalue weighted by atomic mass is 32.2. The van der Waals surface area contributed by atoms with Crippen LogP contribution in [0.15, 0.2) is 58.8 Å². The summed E-state index contributed by atoms with van der Waals surface area (Å²) in [5.74, 6) is 2.48. The third-order valence-electron chi connectivity index (χ3n) is 3.88. The number of terminal acetylenes is 1. The Morgan fingerprint density at radius 2 is 2.00 bits per heavy atom. The van der Waals surface area contributed by atoms with Gasteiger partial charge in [-0.3, -0.25) is 10.1 Å². The monoisotopic (exact) mass is 427 g/mol. The second-order valence-corrected chi connectivity index (χ2v) is 8.40. The van der Waals surface area contributed by atoms with E-state index in [2.05, 4.69) is 20.9 Å². The molecule has 9 heteroatoms. The number of sulfonamides is 1. The number of ether oxygens (including phenoxy) is 1. The van der Waals surface area contributed by atoms with Gasteiger partial charge >= 0.3 is 0 Å². The molecule has 2 N–H and O–H groups in total. The Kier molecular flexibility index (Phi) is 6.29. The molecule has 148 valence electrons. The van der Waals surface area contributed by atoms with Crippen LogP contribution in [0.25, 0.3) is 11.3 Å². The molecule has 0 aliphatic carbocycles. The number of nitrogens with zero attached hydrogens (tertiary/aromatic N) is 1. The number of amides is 1. The molecule has 0 saturated heterocycles. The van der Waals surface area contributed by atoms with Crippen LogP contribution in [0.1, 0.15) is 10.4 Å². The van der Waals surface area contributed by atoms with Gasteiger partial charge in [-0.05, 0) is 42.5 Å². The summed E-state index contributed by atoms with van der Waals surface area (Å²) in [6.45, 7) is -0.133. The van der Waals surface area contributed by atoms with Crippen LogP contribution in [0.5, 0.6) is 5.75 Å². The summed E-state index contributed by atoms with van der Waals surface area (Å²) in [6, 6.07) is 13.1. The number of rotatable bonds is 7. The molecule has 7 nitrogen and oxygen atoms in total. The summed E-state index contributed by atoms with van der Waals surface area (Å²) in [6.07, 6.45) is 5.08. The van der Waals surface area contributed by atoms with Gasteiger partial charge in [0.2, 0.25) is 10.0 Å². The molecule has 0 unspecified atom stereocenters. The van der Waals surface area contributed by atoms with Crippen molar-refractivity contribution < 1.29 is 17.9 Å². The quantitative estimate of drug-likeness (QED) is 0.565. The van der Waals surface area contributed by atoms with E-state index >= 15 is 0 Å². The summed E-state index contributed by atoms with van der Waals surface area (Å²) in [4.78, 5) is 16.9. The highest BCUT2D eigenvalue weighted by molar-refractivity contribution is 7.89.